The number of rotatable bonds is 6. The van der Waals surface area contributed by atoms with Gasteiger partial charge in [-0.15, -0.1) is 0 Å². The van der Waals surface area contributed by atoms with Gasteiger partial charge in [0.25, 0.3) is 21.8 Å². The van der Waals surface area contributed by atoms with Crippen LogP contribution in [0.25, 0.3) is 0 Å². The van der Waals surface area contributed by atoms with Crippen LogP contribution < -0.4 is 19.7 Å². The number of benzene rings is 3. The number of carbonyl (C=O) groups is 2. The molecular formula is C24H23N3O5S. The molecule has 0 aliphatic carbocycles. The Morgan fingerprint density at radius 1 is 0.939 bits per heavy atom. The second-order valence-electron chi connectivity index (χ2n) is 7.40. The first kappa shape index (κ1) is 22.3. The molecule has 0 saturated carbocycles. The molecule has 0 aromatic heterocycles. The molecule has 0 fully saturated rings. The first-order chi connectivity index (χ1) is 15.9. The first-order valence-corrected chi connectivity index (χ1v) is 11.7. The van der Waals surface area contributed by atoms with Crippen LogP contribution in [0.3, 0.4) is 0 Å². The number of fused-ring (bicyclic) bond motifs is 1. The fraction of sp³-hybridized carbons (Fsp3) is 0.167. The maximum Gasteiger partial charge on any atom is 0.264 e. The van der Waals surface area contributed by atoms with Crippen LogP contribution in [0.4, 0.5) is 11.4 Å². The van der Waals surface area contributed by atoms with Crippen molar-refractivity contribution in [1.82, 2.24) is 5.32 Å². The third-order valence-electron chi connectivity index (χ3n) is 5.50. The zero-order chi connectivity index (χ0) is 23.6. The summed E-state index contributed by atoms with van der Waals surface area (Å²) in [6, 6.07) is 18.1. The smallest absolute Gasteiger partial charge is 0.264 e. The van der Waals surface area contributed by atoms with Crippen molar-refractivity contribution in [2.75, 3.05) is 30.3 Å². The molecule has 1 aliphatic heterocycles. The number of nitrogens with zero attached hydrogens (tertiary/aromatic N) is 1. The van der Waals surface area contributed by atoms with Crippen molar-refractivity contribution in [3.8, 4) is 5.75 Å². The van der Waals surface area contributed by atoms with Crippen molar-refractivity contribution < 1.29 is 22.7 Å². The van der Waals surface area contributed by atoms with Crippen LogP contribution in [0.2, 0.25) is 0 Å². The summed E-state index contributed by atoms with van der Waals surface area (Å²) in [5, 5.41) is 5.22. The van der Waals surface area contributed by atoms with Crippen molar-refractivity contribution in [1.29, 1.82) is 0 Å². The third-order valence-corrected chi connectivity index (χ3v) is 7.30. The van der Waals surface area contributed by atoms with Gasteiger partial charge >= 0.3 is 0 Å². The maximum absolute atomic E-state index is 13.4. The van der Waals surface area contributed by atoms with Crippen LogP contribution in [0.15, 0.2) is 71.6 Å². The molecule has 1 aliphatic rings. The zero-order valence-electron chi connectivity index (χ0n) is 18.2. The standard InChI is InChI=1S/C24H23N3O5S/c1-25-23(28)18-8-4-5-9-20(18)26-24(29)19-15-17(11-12-22(19)32-2)33(30,31)27-14-13-16-7-3-6-10-21(16)27/h3-12,15H,13-14H2,1-2H3,(H,25,28)(H,26,29). The summed E-state index contributed by atoms with van der Waals surface area (Å²) in [6.45, 7) is 0.328. The fourth-order valence-electron chi connectivity index (χ4n) is 3.82. The van der Waals surface area contributed by atoms with E-state index in [2.05, 4.69) is 10.6 Å². The summed E-state index contributed by atoms with van der Waals surface area (Å²) in [6.07, 6.45) is 0.620. The van der Waals surface area contributed by atoms with Gasteiger partial charge in [-0.1, -0.05) is 30.3 Å². The van der Waals surface area contributed by atoms with Crippen LogP contribution >= 0.6 is 0 Å². The molecule has 2 amide bonds. The van der Waals surface area contributed by atoms with E-state index >= 15 is 0 Å². The SMILES string of the molecule is CNC(=O)c1ccccc1NC(=O)c1cc(S(=O)(=O)N2CCc3ccccc32)ccc1OC. The minimum absolute atomic E-state index is 0.0234. The van der Waals surface area contributed by atoms with Gasteiger partial charge in [-0.05, 0) is 48.4 Å². The van der Waals surface area contributed by atoms with E-state index in [1.165, 1.54) is 36.7 Å². The van der Waals surface area contributed by atoms with Gasteiger partial charge in [0.15, 0.2) is 0 Å². The molecule has 0 unspecified atom stereocenters. The van der Waals surface area contributed by atoms with E-state index in [0.717, 1.165) is 5.56 Å². The van der Waals surface area contributed by atoms with Gasteiger partial charge in [-0.3, -0.25) is 13.9 Å². The Kier molecular flexibility index (Phi) is 6.06. The Bertz CT molecular complexity index is 1340. The van der Waals surface area contributed by atoms with Gasteiger partial charge in [0.05, 0.1) is 34.5 Å². The Morgan fingerprint density at radius 2 is 1.67 bits per heavy atom. The molecule has 8 nitrogen and oxygen atoms in total. The van der Waals surface area contributed by atoms with Gasteiger partial charge in [0.1, 0.15) is 5.75 Å². The van der Waals surface area contributed by atoms with Crippen LogP contribution in [0.5, 0.6) is 5.75 Å². The molecule has 4 rings (SSSR count). The topological polar surface area (TPSA) is 105 Å². The highest BCUT2D eigenvalue weighted by atomic mass is 32.2. The second-order valence-corrected chi connectivity index (χ2v) is 9.26. The summed E-state index contributed by atoms with van der Waals surface area (Å²) in [7, 11) is -1.00. The molecule has 0 spiro atoms. The monoisotopic (exact) mass is 465 g/mol. The molecule has 0 radical (unpaired) electrons. The molecule has 0 bridgehead atoms. The molecule has 3 aromatic carbocycles. The number of nitrogens with one attached hydrogen (secondary N) is 2. The van der Waals surface area contributed by atoms with Gasteiger partial charge in [-0.2, -0.15) is 0 Å². The molecule has 3 aromatic rings. The number of para-hydroxylation sites is 2. The number of carbonyl (C=O) groups excluding carboxylic acids is 2. The van der Waals surface area contributed by atoms with Gasteiger partial charge in [-0.25, -0.2) is 8.42 Å². The van der Waals surface area contributed by atoms with Crippen molar-refractivity contribution in [3.05, 3.63) is 83.4 Å². The van der Waals surface area contributed by atoms with E-state index in [0.29, 0.717) is 24.3 Å². The summed E-state index contributed by atoms with van der Waals surface area (Å²) >= 11 is 0. The Hall–Kier alpha value is -3.85. The fourth-order valence-corrected chi connectivity index (χ4v) is 5.35. The molecular weight excluding hydrogens is 442 g/mol. The lowest BCUT2D eigenvalue weighted by Crippen LogP contribution is -2.29. The van der Waals surface area contributed by atoms with Crippen LogP contribution in [-0.2, 0) is 16.4 Å². The van der Waals surface area contributed by atoms with E-state index in [9.17, 15) is 18.0 Å². The average Bonchev–Trinajstić information content (AvgIpc) is 3.28. The van der Waals surface area contributed by atoms with Crippen LogP contribution in [-0.4, -0.2) is 40.9 Å². The quantitative estimate of drug-likeness (QED) is 0.582. The number of anilines is 2. The van der Waals surface area contributed by atoms with E-state index in [1.807, 2.05) is 12.1 Å². The molecule has 0 atom stereocenters. The van der Waals surface area contributed by atoms with Crippen LogP contribution in [0, 0.1) is 0 Å². The molecule has 1 heterocycles. The summed E-state index contributed by atoms with van der Waals surface area (Å²) < 4.78 is 33.5. The number of methoxy groups -OCH3 is 1. The summed E-state index contributed by atoms with van der Waals surface area (Å²) in [4.78, 5) is 25.2. The first-order valence-electron chi connectivity index (χ1n) is 10.3. The lowest BCUT2D eigenvalue weighted by atomic mass is 10.1. The third kappa shape index (κ3) is 4.14. The highest BCUT2D eigenvalue weighted by Gasteiger charge is 2.31. The van der Waals surface area contributed by atoms with Gasteiger partial charge in [0.2, 0.25) is 0 Å². The lowest BCUT2D eigenvalue weighted by molar-refractivity contribution is 0.0964. The Morgan fingerprint density at radius 3 is 2.42 bits per heavy atom. The molecule has 33 heavy (non-hydrogen) atoms. The normalized spacial score (nSPS) is 12.7. The average molecular weight is 466 g/mol. The number of hydrogen-bond acceptors (Lipinski definition) is 5. The van der Waals surface area contributed by atoms with Gasteiger partial charge in [0, 0.05) is 13.6 Å². The van der Waals surface area contributed by atoms with Crippen molar-refractivity contribution >= 4 is 33.2 Å². The predicted molar refractivity (Wildman–Crippen MR) is 125 cm³/mol. The van der Waals surface area contributed by atoms with Crippen molar-refractivity contribution in [2.45, 2.75) is 11.3 Å². The van der Waals surface area contributed by atoms with E-state index in [4.69, 9.17) is 4.74 Å². The predicted octanol–water partition coefficient (Wildman–Crippen LogP) is 3.06. The Balaban J connectivity index is 1.70. The largest absolute Gasteiger partial charge is 0.496 e. The Labute approximate surface area is 192 Å². The number of amides is 2. The number of sulfonamides is 1. The van der Waals surface area contributed by atoms with E-state index in [1.54, 1.807) is 36.4 Å². The van der Waals surface area contributed by atoms with Crippen molar-refractivity contribution in [2.24, 2.45) is 0 Å². The summed E-state index contributed by atoms with van der Waals surface area (Å²) in [5.41, 5.74) is 2.21. The molecule has 170 valence electrons. The number of ether oxygens (including phenoxy) is 1. The highest BCUT2D eigenvalue weighted by molar-refractivity contribution is 7.92. The molecule has 9 heteroatoms. The van der Waals surface area contributed by atoms with E-state index in [-0.39, 0.29) is 27.7 Å². The molecule has 2 N–H and O–H groups in total. The summed E-state index contributed by atoms with van der Waals surface area (Å²) in [5.74, 6) is -0.741. The maximum atomic E-state index is 13.4. The molecule has 0 saturated heterocycles. The van der Waals surface area contributed by atoms with Crippen molar-refractivity contribution in [3.63, 3.8) is 0 Å². The second kappa shape index (κ2) is 8.95. The van der Waals surface area contributed by atoms with Crippen LogP contribution in [0.1, 0.15) is 26.3 Å². The highest BCUT2D eigenvalue weighted by Crippen LogP contribution is 2.34. The number of hydrogen-bond donors (Lipinski definition) is 2. The van der Waals surface area contributed by atoms with E-state index < -0.39 is 15.9 Å². The zero-order valence-corrected chi connectivity index (χ0v) is 19.0. The lowest BCUT2D eigenvalue weighted by Gasteiger charge is -2.20. The minimum atomic E-state index is -3.90. The minimum Gasteiger partial charge on any atom is -0.496 e. The van der Waals surface area contributed by atoms with Gasteiger partial charge < -0.3 is 15.4 Å².